The number of alkyl halides is 3. The molecule has 0 heterocycles. The molecule has 5 nitrogen and oxygen atoms in total. The highest BCUT2D eigenvalue weighted by molar-refractivity contribution is 5.96. The second-order valence-electron chi connectivity index (χ2n) is 3.59. The van der Waals surface area contributed by atoms with Crippen molar-refractivity contribution < 1.29 is 32.0 Å². The Hall–Kier alpha value is -2.16. The summed E-state index contributed by atoms with van der Waals surface area (Å²) in [6, 6.07) is 5.05. The van der Waals surface area contributed by atoms with Gasteiger partial charge in [-0.3, -0.25) is 14.4 Å². The van der Waals surface area contributed by atoms with Gasteiger partial charge in [0.25, 0.3) is 11.8 Å². The van der Waals surface area contributed by atoms with Crippen molar-refractivity contribution in [1.29, 1.82) is 0 Å². The Morgan fingerprint density at radius 1 is 1.20 bits per heavy atom. The Bertz CT molecular complexity index is 491. The van der Waals surface area contributed by atoms with Crippen LogP contribution in [0.1, 0.15) is 10.4 Å². The molecule has 9 heteroatoms. The molecule has 0 saturated carbocycles. The molecule has 2 amide bonds. The molecule has 110 valence electrons. The summed E-state index contributed by atoms with van der Waals surface area (Å²) in [4.78, 5) is 26.4. The van der Waals surface area contributed by atoms with E-state index >= 15 is 0 Å². The van der Waals surface area contributed by atoms with E-state index in [9.17, 15) is 27.2 Å². The van der Waals surface area contributed by atoms with Crippen LogP contribution in [0.15, 0.2) is 24.3 Å². The van der Waals surface area contributed by atoms with Crippen molar-refractivity contribution in [3.8, 4) is 0 Å². The lowest BCUT2D eigenvalue weighted by atomic mass is 10.2. The van der Waals surface area contributed by atoms with Gasteiger partial charge in [-0.15, -0.1) is 0 Å². The lowest BCUT2D eigenvalue weighted by Crippen LogP contribution is -2.38. The molecule has 0 fully saturated rings. The average Bonchev–Trinajstić information content (AvgIpc) is 2.35. The van der Waals surface area contributed by atoms with Gasteiger partial charge in [0.2, 0.25) is 0 Å². The van der Waals surface area contributed by atoms with Crippen LogP contribution in [-0.2, 0) is 9.63 Å². The molecule has 1 aromatic rings. The van der Waals surface area contributed by atoms with E-state index in [-0.39, 0.29) is 5.56 Å². The van der Waals surface area contributed by atoms with E-state index in [0.29, 0.717) is 0 Å². The number of halogens is 4. The van der Waals surface area contributed by atoms with Gasteiger partial charge in [-0.2, -0.15) is 13.2 Å². The van der Waals surface area contributed by atoms with Crippen LogP contribution in [-0.4, -0.2) is 31.1 Å². The Labute approximate surface area is 110 Å². The van der Waals surface area contributed by atoms with Gasteiger partial charge in [0, 0.05) is 0 Å². The van der Waals surface area contributed by atoms with Crippen molar-refractivity contribution >= 4 is 11.8 Å². The number of benzene rings is 1. The zero-order valence-electron chi connectivity index (χ0n) is 9.96. The highest BCUT2D eigenvalue weighted by Crippen LogP contribution is 2.13. The summed E-state index contributed by atoms with van der Waals surface area (Å²) in [5.41, 5.74) is 1.21. The Morgan fingerprint density at radius 2 is 1.85 bits per heavy atom. The maximum atomic E-state index is 13.2. The number of carbonyl (C=O) groups is 2. The zero-order chi connectivity index (χ0) is 15.2. The molecule has 0 spiro atoms. The van der Waals surface area contributed by atoms with Gasteiger partial charge in [0.1, 0.15) is 5.82 Å². The minimum Gasteiger partial charge on any atom is -0.343 e. The van der Waals surface area contributed by atoms with Crippen LogP contribution in [0.4, 0.5) is 17.6 Å². The summed E-state index contributed by atoms with van der Waals surface area (Å²) < 4.78 is 48.3. The lowest BCUT2D eigenvalue weighted by Gasteiger charge is -2.09. The molecular weight excluding hydrogens is 284 g/mol. The summed E-state index contributed by atoms with van der Waals surface area (Å²) in [6.45, 7) is -2.30. The first-order chi connectivity index (χ1) is 9.29. The van der Waals surface area contributed by atoms with E-state index in [1.165, 1.54) is 23.7 Å². The number of hydrogen-bond donors (Lipinski definition) is 2. The third kappa shape index (κ3) is 5.65. The van der Waals surface area contributed by atoms with E-state index in [0.717, 1.165) is 6.07 Å². The maximum absolute atomic E-state index is 13.2. The number of rotatable bonds is 5. The summed E-state index contributed by atoms with van der Waals surface area (Å²) in [7, 11) is 0. The maximum Gasteiger partial charge on any atom is 0.414 e. The van der Waals surface area contributed by atoms with Gasteiger partial charge in [0.05, 0.1) is 12.1 Å². The summed E-state index contributed by atoms with van der Waals surface area (Å²) in [6.07, 6.45) is -4.58. The predicted molar refractivity (Wildman–Crippen MR) is 58.9 cm³/mol. The van der Waals surface area contributed by atoms with E-state index in [1.54, 1.807) is 0 Å². The van der Waals surface area contributed by atoms with Crippen LogP contribution in [0.25, 0.3) is 0 Å². The first-order valence-corrected chi connectivity index (χ1v) is 5.29. The minimum absolute atomic E-state index is 0.281. The Morgan fingerprint density at radius 3 is 2.45 bits per heavy atom. The normalized spacial score (nSPS) is 11.0. The zero-order valence-corrected chi connectivity index (χ0v) is 9.96. The fourth-order valence-corrected chi connectivity index (χ4v) is 1.14. The van der Waals surface area contributed by atoms with Gasteiger partial charge in [-0.1, -0.05) is 12.1 Å². The summed E-state index contributed by atoms with van der Waals surface area (Å²) >= 11 is 0. The van der Waals surface area contributed by atoms with Crippen LogP contribution in [0, 0.1) is 5.82 Å². The van der Waals surface area contributed by atoms with E-state index in [1.807, 2.05) is 5.32 Å². The summed E-state index contributed by atoms with van der Waals surface area (Å²) in [5.74, 6) is -2.65. The van der Waals surface area contributed by atoms with E-state index in [2.05, 4.69) is 4.84 Å². The van der Waals surface area contributed by atoms with E-state index < -0.39 is 37.0 Å². The molecule has 0 radical (unpaired) electrons. The quantitative estimate of drug-likeness (QED) is 0.632. The van der Waals surface area contributed by atoms with E-state index in [4.69, 9.17) is 0 Å². The third-order valence-corrected chi connectivity index (χ3v) is 1.95. The van der Waals surface area contributed by atoms with Gasteiger partial charge in [0.15, 0.2) is 6.61 Å². The Balaban J connectivity index is 2.35. The number of carbonyl (C=O) groups excluding carboxylic acids is 2. The van der Waals surface area contributed by atoms with Gasteiger partial charge < -0.3 is 5.32 Å². The van der Waals surface area contributed by atoms with Crippen LogP contribution in [0.5, 0.6) is 0 Å². The molecule has 20 heavy (non-hydrogen) atoms. The molecule has 0 aromatic heterocycles. The largest absolute Gasteiger partial charge is 0.414 e. The molecule has 0 saturated heterocycles. The number of nitrogens with one attached hydrogen (secondary N) is 2. The molecule has 0 aliphatic rings. The molecule has 0 atom stereocenters. The first-order valence-electron chi connectivity index (χ1n) is 5.29. The van der Waals surface area contributed by atoms with Crippen LogP contribution >= 0.6 is 0 Å². The number of hydroxylamine groups is 1. The van der Waals surface area contributed by atoms with Crippen molar-refractivity contribution in [2.45, 2.75) is 6.18 Å². The fourth-order valence-electron chi connectivity index (χ4n) is 1.14. The monoisotopic (exact) mass is 294 g/mol. The van der Waals surface area contributed by atoms with Crippen molar-refractivity contribution in [3.63, 3.8) is 0 Å². The smallest absolute Gasteiger partial charge is 0.343 e. The van der Waals surface area contributed by atoms with Crippen molar-refractivity contribution in [3.05, 3.63) is 35.6 Å². The fraction of sp³-hybridized carbons (Fsp3) is 0.273. The molecule has 2 N–H and O–H groups in total. The van der Waals surface area contributed by atoms with Crippen LogP contribution in [0.2, 0.25) is 0 Å². The number of hydrogen-bond acceptors (Lipinski definition) is 3. The van der Waals surface area contributed by atoms with Crippen molar-refractivity contribution in [2.75, 3.05) is 13.2 Å². The van der Waals surface area contributed by atoms with Crippen LogP contribution < -0.4 is 10.8 Å². The standard InChI is InChI=1S/C11H10F4N2O3/c12-8-4-2-1-3-7(8)10(19)16-5-9(18)17-20-6-11(13,14)15/h1-4H,5-6H2,(H,16,19)(H,17,18). The number of amides is 2. The third-order valence-electron chi connectivity index (χ3n) is 1.95. The molecule has 1 rings (SSSR count). The summed E-state index contributed by atoms with van der Waals surface area (Å²) in [5, 5.41) is 2.03. The second kappa shape index (κ2) is 6.85. The molecule has 0 bridgehead atoms. The van der Waals surface area contributed by atoms with Gasteiger partial charge >= 0.3 is 6.18 Å². The van der Waals surface area contributed by atoms with Crippen LogP contribution in [0.3, 0.4) is 0 Å². The average molecular weight is 294 g/mol. The van der Waals surface area contributed by atoms with Gasteiger partial charge in [-0.05, 0) is 12.1 Å². The molecule has 0 aliphatic carbocycles. The Kier molecular flexibility index (Phi) is 5.44. The van der Waals surface area contributed by atoms with Gasteiger partial charge in [-0.25, -0.2) is 9.87 Å². The minimum atomic E-state index is -4.58. The molecule has 1 aromatic carbocycles. The molecule has 0 unspecified atom stereocenters. The highest BCUT2D eigenvalue weighted by atomic mass is 19.4. The lowest BCUT2D eigenvalue weighted by molar-refractivity contribution is -0.191. The predicted octanol–water partition coefficient (Wildman–Crippen LogP) is 1.17. The molecular formula is C11H10F4N2O3. The van der Waals surface area contributed by atoms with Crippen molar-refractivity contribution in [1.82, 2.24) is 10.8 Å². The molecule has 0 aliphatic heterocycles. The second-order valence-corrected chi connectivity index (χ2v) is 3.59. The van der Waals surface area contributed by atoms with Crippen molar-refractivity contribution in [2.24, 2.45) is 0 Å². The first kappa shape index (κ1) is 15.9. The SMILES string of the molecule is O=C(CNC(=O)c1ccccc1F)NOCC(F)(F)F. The highest BCUT2D eigenvalue weighted by Gasteiger charge is 2.28. The topological polar surface area (TPSA) is 67.4 Å².